The van der Waals surface area contributed by atoms with Gasteiger partial charge in [0.2, 0.25) is 0 Å². The molecule has 1 fully saturated rings. The van der Waals surface area contributed by atoms with Crippen LogP contribution in [0.2, 0.25) is 0 Å². The number of nitrogens with one attached hydrogen (secondary N) is 1. The summed E-state index contributed by atoms with van der Waals surface area (Å²) in [5.74, 6) is -4.75. The Kier molecular flexibility index (Phi) is 4.61. The predicted molar refractivity (Wildman–Crippen MR) is 53.2 cm³/mol. The zero-order valence-corrected chi connectivity index (χ0v) is 9.21. The molecule has 1 heterocycles. The van der Waals surface area contributed by atoms with Gasteiger partial charge >= 0.3 is 11.9 Å². The van der Waals surface area contributed by atoms with Crippen LogP contribution in [0.4, 0.5) is 8.78 Å². The molecule has 0 aromatic carbocycles. The number of rotatable bonds is 6. The highest BCUT2D eigenvalue weighted by Gasteiger charge is 2.50. The lowest BCUT2D eigenvalue weighted by Crippen LogP contribution is -2.28. The first-order valence-corrected chi connectivity index (χ1v) is 5.39. The zero-order valence-electron chi connectivity index (χ0n) is 9.21. The number of hydrogen-bond donors (Lipinski definition) is 2. The Balaban J connectivity index is 2.09. The first-order chi connectivity index (χ1) is 7.42. The minimum atomic E-state index is -3.33. The van der Waals surface area contributed by atoms with Crippen LogP contribution in [0.1, 0.15) is 26.2 Å². The molecule has 0 aliphatic carbocycles. The van der Waals surface area contributed by atoms with E-state index in [1.165, 1.54) is 0 Å². The maximum Gasteiger partial charge on any atom is 0.377 e. The van der Waals surface area contributed by atoms with Gasteiger partial charge in [0, 0.05) is 6.54 Å². The summed E-state index contributed by atoms with van der Waals surface area (Å²) in [7, 11) is 0. The van der Waals surface area contributed by atoms with E-state index in [1.807, 2.05) is 0 Å². The second-order valence-corrected chi connectivity index (χ2v) is 4.13. The van der Waals surface area contributed by atoms with Gasteiger partial charge in [0.25, 0.3) is 0 Å². The van der Waals surface area contributed by atoms with Gasteiger partial charge in [0.05, 0.1) is 12.5 Å². The van der Waals surface area contributed by atoms with E-state index in [1.54, 1.807) is 6.92 Å². The minimum Gasteiger partial charge on any atom is -0.456 e. The van der Waals surface area contributed by atoms with Gasteiger partial charge in [-0.05, 0) is 26.3 Å². The Morgan fingerprint density at radius 2 is 2.38 bits per heavy atom. The van der Waals surface area contributed by atoms with Crippen molar-refractivity contribution in [3.63, 3.8) is 0 Å². The van der Waals surface area contributed by atoms with Crippen molar-refractivity contribution < 1.29 is 23.4 Å². The van der Waals surface area contributed by atoms with E-state index in [9.17, 15) is 13.6 Å². The van der Waals surface area contributed by atoms with Gasteiger partial charge in [-0.25, -0.2) is 4.79 Å². The van der Waals surface area contributed by atoms with Crippen molar-refractivity contribution in [1.82, 2.24) is 5.32 Å². The Labute approximate surface area is 93.0 Å². The number of halogens is 2. The van der Waals surface area contributed by atoms with Crippen LogP contribution >= 0.6 is 0 Å². The van der Waals surface area contributed by atoms with Crippen LogP contribution in [0.3, 0.4) is 0 Å². The molecule has 2 atom stereocenters. The molecule has 0 bridgehead atoms. The highest BCUT2D eigenvalue weighted by atomic mass is 19.3. The molecule has 1 aliphatic heterocycles. The first kappa shape index (κ1) is 13.3. The summed E-state index contributed by atoms with van der Waals surface area (Å²) in [6.45, 7) is 2.55. The molecule has 2 unspecified atom stereocenters. The van der Waals surface area contributed by atoms with E-state index in [0.717, 1.165) is 6.42 Å². The van der Waals surface area contributed by atoms with Crippen LogP contribution in [0.15, 0.2) is 0 Å². The summed E-state index contributed by atoms with van der Waals surface area (Å²) in [4.78, 5) is 10.7. The van der Waals surface area contributed by atoms with Gasteiger partial charge in [0.1, 0.15) is 6.10 Å². The highest BCUT2D eigenvalue weighted by Crippen LogP contribution is 2.30. The quantitative estimate of drug-likeness (QED) is 0.527. The number of hydrogen-bond acceptors (Lipinski definition) is 4. The third-order valence-corrected chi connectivity index (χ3v) is 2.40. The number of aliphatic hydroxyl groups excluding tert-OH is 1. The molecule has 0 radical (unpaired) electrons. The topological polar surface area (TPSA) is 58.6 Å². The van der Waals surface area contributed by atoms with Crippen molar-refractivity contribution in [2.24, 2.45) is 0 Å². The maximum absolute atomic E-state index is 12.7. The number of carbonyl (C=O) groups is 1. The zero-order chi connectivity index (χ0) is 12.2. The molecule has 0 amide bonds. The first-order valence-electron chi connectivity index (χ1n) is 5.39. The second kappa shape index (κ2) is 5.54. The summed E-state index contributed by atoms with van der Waals surface area (Å²) < 4.78 is 30.0. The molecule has 6 heteroatoms. The summed E-state index contributed by atoms with van der Waals surface area (Å²) in [5, 5.41) is 11.9. The number of alkyl halides is 2. The molecule has 1 rings (SSSR count). The Hall–Kier alpha value is -0.750. The van der Waals surface area contributed by atoms with Crippen molar-refractivity contribution in [3.8, 4) is 0 Å². The Morgan fingerprint density at radius 3 is 2.88 bits per heavy atom. The Bertz CT molecular complexity index is 246. The average molecular weight is 237 g/mol. The van der Waals surface area contributed by atoms with E-state index < -0.39 is 24.4 Å². The molecule has 94 valence electrons. The summed E-state index contributed by atoms with van der Waals surface area (Å²) in [6, 6.07) is 0. The monoisotopic (exact) mass is 237 g/mol. The van der Waals surface area contributed by atoms with Gasteiger partial charge in [-0.15, -0.1) is 0 Å². The lowest BCUT2D eigenvalue weighted by atomic mass is 10.2. The van der Waals surface area contributed by atoms with Gasteiger partial charge in [-0.3, -0.25) is 0 Å². The Morgan fingerprint density at radius 1 is 1.69 bits per heavy atom. The summed E-state index contributed by atoms with van der Waals surface area (Å²) >= 11 is 0. The van der Waals surface area contributed by atoms with Crippen molar-refractivity contribution in [3.05, 3.63) is 0 Å². The van der Waals surface area contributed by atoms with E-state index in [4.69, 9.17) is 5.11 Å². The summed E-state index contributed by atoms with van der Waals surface area (Å²) in [5.41, 5.74) is 0. The van der Waals surface area contributed by atoms with Crippen LogP contribution in [0, 0.1) is 0 Å². The second-order valence-electron chi connectivity index (χ2n) is 4.13. The average Bonchev–Trinajstić information content (AvgIpc) is 2.39. The van der Waals surface area contributed by atoms with Gasteiger partial charge in [-0.2, -0.15) is 8.78 Å². The van der Waals surface area contributed by atoms with Crippen molar-refractivity contribution in [1.29, 1.82) is 0 Å². The SMILES string of the molecule is CC(O)CCCNCC1CC(F)(F)C(=O)O1. The van der Waals surface area contributed by atoms with Crippen molar-refractivity contribution >= 4 is 5.97 Å². The summed E-state index contributed by atoms with van der Waals surface area (Å²) in [6.07, 6.45) is -0.220. The standard InChI is InChI=1S/C10H17F2NO3/c1-7(14)3-2-4-13-6-8-5-10(11,12)9(15)16-8/h7-8,13-14H,2-6H2,1H3. The van der Waals surface area contributed by atoms with Crippen molar-refractivity contribution in [2.45, 2.75) is 44.3 Å². The smallest absolute Gasteiger partial charge is 0.377 e. The molecule has 1 aliphatic rings. The molecule has 0 saturated carbocycles. The number of esters is 1. The molecule has 0 aromatic rings. The fraction of sp³-hybridized carbons (Fsp3) is 0.900. The normalized spacial score (nSPS) is 25.5. The third-order valence-electron chi connectivity index (χ3n) is 2.40. The molecule has 4 nitrogen and oxygen atoms in total. The molecule has 16 heavy (non-hydrogen) atoms. The van der Waals surface area contributed by atoms with E-state index >= 15 is 0 Å². The van der Waals surface area contributed by atoms with E-state index in [0.29, 0.717) is 13.0 Å². The number of ether oxygens (including phenoxy) is 1. The molecular weight excluding hydrogens is 220 g/mol. The van der Waals surface area contributed by atoms with Crippen LogP contribution in [-0.2, 0) is 9.53 Å². The molecule has 2 N–H and O–H groups in total. The van der Waals surface area contributed by atoms with Crippen LogP contribution < -0.4 is 5.32 Å². The highest BCUT2D eigenvalue weighted by molar-refractivity contribution is 5.79. The van der Waals surface area contributed by atoms with E-state index in [-0.39, 0.29) is 12.6 Å². The minimum absolute atomic E-state index is 0.237. The van der Waals surface area contributed by atoms with Crippen LogP contribution in [0.25, 0.3) is 0 Å². The number of cyclic esters (lactones) is 1. The van der Waals surface area contributed by atoms with Crippen molar-refractivity contribution in [2.75, 3.05) is 13.1 Å². The molecular formula is C10H17F2NO3. The van der Waals surface area contributed by atoms with E-state index in [2.05, 4.69) is 10.1 Å². The lowest BCUT2D eigenvalue weighted by Gasteiger charge is -2.10. The van der Waals surface area contributed by atoms with Gasteiger partial charge in [0.15, 0.2) is 0 Å². The fourth-order valence-corrected chi connectivity index (χ4v) is 1.55. The maximum atomic E-state index is 12.7. The van der Waals surface area contributed by atoms with Gasteiger partial charge < -0.3 is 15.2 Å². The number of aliphatic hydroxyl groups is 1. The third kappa shape index (κ3) is 4.02. The predicted octanol–water partition coefficient (Wildman–Crippen LogP) is 0.688. The fourth-order valence-electron chi connectivity index (χ4n) is 1.55. The van der Waals surface area contributed by atoms with Crippen LogP contribution in [-0.4, -0.2) is 42.3 Å². The molecule has 1 saturated heterocycles. The molecule has 0 aromatic heterocycles. The van der Waals surface area contributed by atoms with Gasteiger partial charge in [-0.1, -0.05) is 0 Å². The van der Waals surface area contributed by atoms with Crippen LogP contribution in [0.5, 0.6) is 0 Å². The number of carbonyl (C=O) groups excluding carboxylic acids is 1. The molecule has 0 spiro atoms. The largest absolute Gasteiger partial charge is 0.456 e. The lowest BCUT2D eigenvalue weighted by molar-refractivity contribution is -0.158.